The van der Waals surface area contributed by atoms with Crippen molar-refractivity contribution >= 4 is 11.8 Å². The van der Waals surface area contributed by atoms with Gasteiger partial charge in [0.15, 0.2) is 0 Å². The Hall–Kier alpha value is -1.10. The molecular formula is C13H20N2O3. The fraction of sp³-hybridized carbons (Fsp3) is 0.846. The van der Waals surface area contributed by atoms with Crippen LogP contribution in [0.2, 0.25) is 0 Å². The highest BCUT2D eigenvalue weighted by Gasteiger charge is 2.50. The second-order valence-electron chi connectivity index (χ2n) is 5.58. The maximum absolute atomic E-state index is 12.4. The summed E-state index contributed by atoms with van der Waals surface area (Å²) in [5, 5.41) is 2.76. The number of hydrogen-bond acceptors (Lipinski definition) is 3. The summed E-state index contributed by atoms with van der Waals surface area (Å²) in [6.07, 6.45) is 4.12. The molecule has 5 nitrogen and oxygen atoms in total. The summed E-state index contributed by atoms with van der Waals surface area (Å²) < 4.78 is 5.82. The minimum atomic E-state index is -0.403. The van der Waals surface area contributed by atoms with Crippen molar-refractivity contribution in [3.8, 4) is 0 Å². The molecule has 3 saturated heterocycles. The molecule has 0 aliphatic carbocycles. The van der Waals surface area contributed by atoms with Gasteiger partial charge in [-0.2, -0.15) is 0 Å². The van der Waals surface area contributed by atoms with Gasteiger partial charge >= 0.3 is 0 Å². The number of carbonyl (C=O) groups excluding carboxylic acids is 2. The van der Waals surface area contributed by atoms with Gasteiger partial charge in [0, 0.05) is 0 Å². The average Bonchev–Trinajstić information content (AvgIpc) is 2.95. The zero-order valence-corrected chi connectivity index (χ0v) is 10.9. The first-order chi connectivity index (χ1) is 8.61. The van der Waals surface area contributed by atoms with E-state index in [4.69, 9.17) is 4.74 Å². The van der Waals surface area contributed by atoms with E-state index in [-0.39, 0.29) is 30.0 Å². The molecule has 0 radical (unpaired) electrons. The smallest absolute Gasteiger partial charge is 0.245 e. The quantitative estimate of drug-likeness (QED) is 0.775. The molecule has 0 saturated carbocycles. The standard InChI is InChI=1S/C13H20N2O3/c1-3-9-12(16)14-7(2)13(17)15(9)10-6-8-4-5-11(10)18-8/h7-11H,3-6H2,1-2H3,(H,14,16). The van der Waals surface area contributed by atoms with Crippen LogP contribution in [0.5, 0.6) is 0 Å². The van der Waals surface area contributed by atoms with Crippen LogP contribution in [-0.4, -0.2) is 47.0 Å². The highest BCUT2D eigenvalue weighted by atomic mass is 16.5. The first kappa shape index (κ1) is 12.0. The third-order valence-corrected chi connectivity index (χ3v) is 4.44. The molecule has 1 N–H and O–H groups in total. The molecule has 5 heteroatoms. The lowest BCUT2D eigenvalue weighted by atomic mass is 9.91. The molecule has 5 atom stereocenters. The van der Waals surface area contributed by atoms with E-state index in [2.05, 4.69) is 5.32 Å². The topological polar surface area (TPSA) is 58.6 Å². The van der Waals surface area contributed by atoms with Crippen molar-refractivity contribution in [2.24, 2.45) is 0 Å². The van der Waals surface area contributed by atoms with Crippen molar-refractivity contribution in [1.29, 1.82) is 0 Å². The van der Waals surface area contributed by atoms with Crippen LogP contribution < -0.4 is 5.32 Å². The second-order valence-corrected chi connectivity index (χ2v) is 5.58. The van der Waals surface area contributed by atoms with Gasteiger partial charge in [0.25, 0.3) is 0 Å². The Balaban J connectivity index is 1.86. The fourth-order valence-electron chi connectivity index (χ4n) is 3.56. The normalized spacial score (nSPS) is 43.4. The maximum Gasteiger partial charge on any atom is 0.245 e. The third kappa shape index (κ3) is 1.64. The van der Waals surface area contributed by atoms with Crippen LogP contribution in [0.4, 0.5) is 0 Å². The maximum atomic E-state index is 12.4. The fourth-order valence-corrected chi connectivity index (χ4v) is 3.56. The molecule has 5 unspecified atom stereocenters. The molecule has 3 heterocycles. The van der Waals surface area contributed by atoms with Crippen LogP contribution in [0.25, 0.3) is 0 Å². The molecule has 3 fully saturated rings. The summed E-state index contributed by atoms with van der Waals surface area (Å²) in [7, 11) is 0. The number of amides is 2. The summed E-state index contributed by atoms with van der Waals surface area (Å²) in [4.78, 5) is 26.2. The van der Waals surface area contributed by atoms with Crippen molar-refractivity contribution in [1.82, 2.24) is 10.2 Å². The predicted octanol–water partition coefficient (Wildman–Crippen LogP) is 0.432. The Morgan fingerprint density at radius 2 is 2.17 bits per heavy atom. The molecule has 0 aromatic carbocycles. The van der Waals surface area contributed by atoms with Crippen LogP contribution in [-0.2, 0) is 14.3 Å². The number of rotatable bonds is 2. The molecule has 18 heavy (non-hydrogen) atoms. The lowest BCUT2D eigenvalue weighted by molar-refractivity contribution is -0.153. The van der Waals surface area contributed by atoms with Gasteiger partial charge in [0.2, 0.25) is 11.8 Å². The Labute approximate surface area is 107 Å². The average molecular weight is 252 g/mol. The molecule has 2 bridgehead atoms. The molecule has 0 aromatic heterocycles. The van der Waals surface area contributed by atoms with Gasteiger partial charge in [-0.15, -0.1) is 0 Å². The minimum Gasteiger partial charge on any atom is -0.373 e. The summed E-state index contributed by atoms with van der Waals surface area (Å²) >= 11 is 0. The van der Waals surface area contributed by atoms with Crippen LogP contribution >= 0.6 is 0 Å². The first-order valence-corrected chi connectivity index (χ1v) is 6.89. The minimum absolute atomic E-state index is 0.0210. The van der Waals surface area contributed by atoms with Gasteiger partial charge in [-0.05, 0) is 32.6 Å². The molecular weight excluding hydrogens is 232 g/mol. The van der Waals surface area contributed by atoms with E-state index in [0.29, 0.717) is 12.5 Å². The van der Waals surface area contributed by atoms with Crippen LogP contribution in [0, 0.1) is 0 Å². The van der Waals surface area contributed by atoms with E-state index >= 15 is 0 Å². The van der Waals surface area contributed by atoms with Gasteiger partial charge in [-0.1, -0.05) is 6.92 Å². The number of carbonyl (C=O) groups is 2. The summed E-state index contributed by atoms with van der Waals surface area (Å²) in [5.41, 5.74) is 0. The number of fused-ring (bicyclic) bond motifs is 2. The Bertz CT molecular complexity index is 384. The van der Waals surface area contributed by atoms with E-state index in [1.807, 2.05) is 11.8 Å². The van der Waals surface area contributed by atoms with Gasteiger partial charge < -0.3 is 15.0 Å². The van der Waals surface area contributed by atoms with E-state index in [1.165, 1.54) is 0 Å². The molecule has 3 aliphatic rings. The molecule has 3 aliphatic heterocycles. The Morgan fingerprint density at radius 1 is 1.39 bits per heavy atom. The Kier molecular flexibility index (Phi) is 2.81. The number of piperazine rings is 1. The summed E-state index contributed by atoms with van der Waals surface area (Å²) in [6, 6.07) is -0.615. The Morgan fingerprint density at radius 3 is 2.72 bits per heavy atom. The number of ether oxygens (including phenoxy) is 1. The second kappa shape index (κ2) is 4.23. The lowest BCUT2D eigenvalue weighted by Gasteiger charge is -2.43. The van der Waals surface area contributed by atoms with Gasteiger partial charge in [-0.25, -0.2) is 0 Å². The molecule has 3 rings (SSSR count). The van der Waals surface area contributed by atoms with E-state index in [1.54, 1.807) is 6.92 Å². The number of nitrogens with one attached hydrogen (secondary N) is 1. The van der Waals surface area contributed by atoms with Crippen molar-refractivity contribution in [2.45, 2.75) is 69.9 Å². The van der Waals surface area contributed by atoms with Crippen LogP contribution in [0.1, 0.15) is 39.5 Å². The zero-order valence-electron chi connectivity index (χ0n) is 10.9. The molecule has 0 aromatic rings. The SMILES string of the molecule is CCC1C(=O)NC(C)C(=O)N1C1CC2CCC1O2. The van der Waals surface area contributed by atoms with Gasteiger partial charge in [0.05, 0.1) is 18.2 Å². The lowest BCUT2D eigenvalue weighted by Crippen LogP contribution is -2.66. The number of hydrogen-bond donors (Lipinski definition) is 1. The monoisotopic (exact) mass is 252 g/mol. The van der Waals surface area contributed by atoms with Crippen molar-refractivity contribution in [3.63, 3.8) is 0 Å². The molecule has 2 amide bonds. The molecule has 0 spiro atoms. The predicted molar refractivity (Wildman–Crippen MR) is 64.8 cm³/mol. The molecule has 100 valence electrons. The third-order valence-electron chi connectivity index (χ3n) is 4.44. The number of nitrogens with zero attached hydrogens (tertiary/aromatic N) is 1. The summed E-state index contributed by atoms with van der Waals surface area (Å²) in [5.74, 6) is 0.0231. The van der Waals surface area contributed by atoms with E-state index in [0.717, 1.165) is 19.3 Å². The van der Waals surface area contributed by atoms with Crippen molar-refractivity contribution < 1.29 is 14.3 Å². The van der Waals surface area contributed by atoms with Crippen LogP contribution in [0.15, 0.2) is 0 Å². The van der Waals surface area contributed by atoms with Crippen LogP contribution in [0.3, 0.4) is 0 Å². The van der Waals surface area contributed by atoms with E-state index in [9.17, 15) is 9.59 Å². The van der Waals surface area contributed by atoms with Gasteiger partial charge in [0.1, 0.15) is 12.1 Å². The first-order valence-electron chi connectivity index (χ1n) is 6.89. The largest absolute Gasteiger partial charge is 0.373 e. The van der Waals surface area contributed by atoms with Crippen molar-refractivity contribution in [3.05, 3.63) is 0 Å². The summed E-state index contributed by atoms with van der Waals surface area (Å²) in [6.45, 7) is 3.71. The van der Waals surface area contributed by atoms with Crippen molar-refractivity contribution in [2.75, 3.05) is 0 Å². The highest BCUT2D eigenvalue weighted by molar-refractivity contribution is 5.96. The highest BCUT2D eigenvalue weighted by Crippen LogP contribution is 2.39. The zero-order chi connectivity index (χ0) is 12.9. The van der Waals surface area contributed by atoms with E-state index < -0.39 is 6.04 Å². The van der Waals surface area contributed by atoms with Gasteiger partial charge in [-0.3, -0.25) is 9.59 Å².